The van der Waals surface area contributed by atoms with E-state index in [2.05, 4.69) is 18.7 Å². The Balaban J connectivity index is 2.44. The van der Waals surface area contributed by atoms with E-state index in [-0.39, 0.29) is 0 Å². The van der Waals surface area contributed by atoms with Gasteiger partial charge >= 0.3 is 0 Å². The Morgan fingerprint density at radius 3 is 2.60 bits per heavy atom. The molecule has 0 spiro atoms. The summed E-state index contributed by atoms with van der Waals surface area (Å²) >= 11 is 2.09. The van der Waals surface area contributed by atoms with E-state index in [1.54, 1.807) is 0 Å². The number of hydrogen-bond donors (Lipinski definition) is 1. The summed E-state index contributed by atoms with van der Waals surface area (Å²) in [5, 5.41) is 0. The third-order valence-corrected chi connectivity index (χ3v) is 4.22. The van der Waals surface area contributed by atoms with E-state index in [0.29, 0.717) is 4.75 Å². The molecule has 2 N–H and O–H groups in total. The van der Waals surface area contributed by atoms with E-state index in [0.717, 1.165) is 6.54 Å². The minimum Gasteiger partial charge on any atom is -0.329 e. The molecule has 1 aliphatic heterocycles. The highest BCUT2D eigenvalue weighted by Gasteiger charge is 2.28. The standard InChI is InChI=1S/C8H17NS/c1-2-8(7-9)5-3-4-6-10-8/h2-7,9H2,1H3. The summed E-state index contributed by atoms with van der Waals surface area (Å²) in [5.41, 5.74) is 5.73. The van der Waals surface area contributed by atoms with Crippen LogP contribution in [0.15, 0.2) is 0 Å². The summed E-state index contributed by atoms with van der Waals surface area (Å²) in [6.07, 6.45) is 5.36. The minimum atomic E-state index is 0.457. The van der Waals surface area contributed by atoms with Crippen LogP contribution in [0, 0.1) is 0 Å². The van der Waals surface area contributed by atoms with Gasteiger partial charge in [0.15, 0.2) is 0 Å². The second-order valence-corrected chi connectivity index (χ2v) is 4.61. The number of thioether (sulfide) groups is 1. The molecule has 1 saturated heterocycles. The molecule has 60 valence electrons. The van der Waals surface area contributed by atoms with Crippen molar-refractivity contribution in [2.45, 2.75) is 37.4 Å². The van der Waals surface area contributed by atoms with Crippen LogP contribution in [0.3, 0.4) is 0 Å². The van der Waals surface area contributed by atoms with Gasteiger partial charge in [-0.3, -0.25) is 0 Å². The molecule has 0 aliphatic carbocycles. The van der Waals surface area contributed by atoms with Crippen LogP contribution in [0.1, 0.15) is 32.6 Å². The van der Waals surface area contributed by atoms with Crippen LogP contribution in [-0.2, 0) is 0 Å². The van der Waals surface area contributed by atoms with Crippen LogP contribution in [0.2, 0.25) is 0 Å². The molecule has 0 aromatic rings. The van der Waals surface area contributed by atoms with Crippen molar-refractivity contribution in [2.75, 3.05) is 12.3 Å². The smallest absolute Gasteiger partial charge is 0.0279 e. The first-order chi connectivity index (χ1) is 4.83. The van der Waals surface area contributed by atoms with E-state index >= 15 is 0 Å². The fourth-order valence-corrected chi connectivity index (χ4v) is 2.89. The second kappa shape index (κ2) is 3.63. The van der Waals surface area contributed by atoms with Crippen molar-refractivity contribution in [2.24, 2.45) is 5.73 Å². The lowest BCUT2D eigenvalue weighted by Gasteiger charge is -2.34. The van der Waals surface area contributed by atoms with Gasteiger partial charge in [-0.2, -0.15) is 11.8 Å². The topological polar surface area (TPSA) is 26.0 Å². The molecule has 1 rings (SSSR count). The first-order valence-corrected chi connectivity index (χ1v) is 5.15. The lowest BCUT2D eigenvalue weighted by molar-refractivity contribution is 0.493. The lowest BCUT2D eigenvalue weighted by Crippen LogP contribution is -2.36. The van der Waals surface area contributed by atoms with Gasteiger partial charge in [0.05, 0.1) is 0 Å². The summed E-state index contributed by atoms with van der Waals surface area (Å²) < 4.78 is 0.457. The summed E-state index contributed by atoms with van der Waals surface area (Å²) in [7, 11) is 0. The maximum atomic E-state index is 5.73. The first-order valence-electron chi connectivity index (χ1n) is 4.17. The van der Waals surface area contributed by atoms with E-state index in [9.17, 15) is 0 Å². The number of hydrogen-bond acceptors (Lipinski definition) is 2. The summed E-state index contributed by atoms with van der Waals surface area (Å²) in [4.78, 5) is 0. The molecular weight excluding hydrogens is 142 g/mol. The summed E-state index contributed by atoms with van der Waals surface area (Å²) in [6, 6.07) is 0. The van der Waals surface area contributed by atoms with Gasteiger partial charge in [-0.15, -0.1) is 0 Å². The first kappa shape index (κ1) is 8.41. The van der Waals surface area contributed by atoms with Gasteiger partial charge in [0, 0.05) is 11.3 Å². The quantitative estimate of drug-likeness (QED) is 0.667. The van der Waals surface area contributed by atoms with Gasteiger partial charge in [-0.25, -0.2) is 0 Å². The van der Waals surface area contributed by atoms with Gasteiger partial charge in [-0.05, 0) is 25.0 Å². The highest BCUT2D eigenvalue weighted by molar-refractivity contribution is 8.00. The fraction of sp³-hybridized carbons (Fsp3) is 1.00. The van der Waals surface area contributed by atoms with Crippen LogP contribution in [0.5, 0.6) is 0 Å². The molecule has 1 nitrogen and oxygen atoms in total. The largest absolute Gasteiger partial charge is 0.329 e. The highest BCUT2D eigenvalue weighted by Crippen LogP contribution is 2.37. The Labute approximate surface area is 67.8 Å². The molecule has 1 heterocycles. The molecule has 1 unspecified atom stereocenters. The second-order valence-electron chi connectivity index (χ2n) is 3.05. The predicted octanol–water partition coefficient (Wildman–Crippen LogP) is 2.01. The molecule has 2 heteroatoms. The Morgan fingerprint density at radius 1 is 1.50 bits per heavy atom. The Morgan fingerprint density at radius 2 is 2.30 bits per heavy atom. The third kappa shape index (κ3) is 1.67. The molecule has 1 atom stereocenters. The maximum Gasteiger partial charge on any atom is 0.0279 e. The van der Waals surface area contributed by atoms with Crippen molar-refractivity contribution in [3.8, 4) is 0 Å². The zero-order valence-electron chi connectivity index (χ0n) is 6.73. The summed E-state index contributed by atoms with van der Waals surface area (Å²) in [6.45, 7) is 3.12. The van der Waals surface area contributed by atoms with Crippen LogP contribution >= 0.6 is 11.8 Å². The van der Waals surface area contributed by atoms with E-state index in [4.69, 9.17) is 5.73 Å². The van der Waals surface area contributed by atoms with Gasteiger partial charge in [-0.1, -0.05) is 13.3 Å². The predicted molar refractivity (Wildman–Crippen MR) is 48.4 cm³/mol. The van der Waals surface area contributed by atoms with Crippen molar-refractivity contribution < 1.29 is 0 Å². The monoisotopic (exact) mass is 159 g/mol. The van der Waals surface area contributed by atoms with Gasteiger partial charge in [0.1, 0.15) is 0 Å². The van der Waals surface area contributed by atoms with Crippen molar-refractivity contribution >= 4 is 11.8 Å². The van der Waals surface area contributed by atoms with Gasteiger partial charge in [0.25, 0.3) is 0 Å². The molecule has 0 aromatic heterocycles. The highest BCUT2D eigenvalue weighted by atomic mass is 32.2. The van der Waals surface area contributed by atoms with E-state index < -0.39 is 0 Å². The SMILES string of the molecule is CCC1(CN)CCCCS1. The van der Waals surface area contributed by atoms with Crippen LogP contribution in [-0.4, -0.2) is 17.0 Å². The molecule has 1 aliphatic rings. The van der Waals surface area contributed by atoms with Crippen LogP contribution < -0.4 is 5.73 Å². The third-order valence-electron chi connectivity index (χ3n) is 2.45. The summed E-state index contributed by atoms with van der Waals surface area (Å²) in [5.74, 6) is 1.32. The molecule has 0 amide bonds. The zero-order chi connectivity index (χ0) is 7.45. The molecule has 0 bridgehead atoms. The average Bonchev–Trinajstić information content (AvgIpc) is 2.06. The molecule has 1 fully saturated rings. The number of rotatable bonds is 2. The van der Waals surface area contributed by atoms with Crippen molar-refractivity contribution in [3.63, 3.8) is 0 Å². The fourth-order valence-electron chi connectivity index (χ4n) is 1.49. The maximum absolute atomic E-state index is 5.73. The lowest BCUT2D eigenvalue weighted by atomic mass is 9.98. The number of nitrogens with two attached hydrogens (primary N) is 1. The van der Waals surface area contributed by atoms with Crippen molar-refractivity contribution in [1.29, 1.82) is 0 Å². The molecule has 0 saturated carbocycles. The minimum absolute atomic E-state index is 0.457. The van der Waals surface area contributed by atoms with Crippen molar-refractivity contribution in [3.05, 3.63) is 0 Å². The van der Waals surface area contributed by atoms with E-state index in [1.165, 1.54) is 31.4 Å². The average molecular weight is 159 g/mol. The molecular formula is C8H17NS. The normalized spacial score (nSPS) is 34.2. The molecule has 0 radical (unpaired) electrons. The Hall–Kier alpha value is 0.310. The van der Waals surface area contributed by atoms with Gasteiger partial charge < -0.3 is 5.73 Å². The van der Waals surface area contributed by atoms with Crippen LogP contribution in [0.4, 0.5) is 0 Å². The van der Waals surface area contributed by atoms with E-state index in [1.807, 2.05) is 0 Å². The van der Waals surface area contributed by atoms with Crippen molar-refractivity contribution in [1.82, 2.24) is 0 Å². The van der Waals surface area contributed by atoms with Gasteiger partial charge in [0.2, 0.25) is 0 Å². The van der Waals surface area contributed by atoms with Crippen LogP contribution in [0.25, 0.3) is 0 Å². The molecule has 10 heavy (non-hydrogen) atoms. The molecule has 0 aromatic carbocycles. The zero-order valence-corrected chi connectivity index (χ0v) is 7.54. The Kier molecular flexibility index (Phi) is 3.05. The Bertz CT molecular complexity index is 91.4.